The fourth-order valence-corrected chi connectivity index (χ4v) is 3.42. The molecular formula is C22H21FN2O3S. The minimum absolute atomic E-state index is 0.0383. The van der Waals surface area contributed by atoms with Gasteiger partial charge in [0.25, 0.3) is 0 Å². The zero-order valence-electron chi connectivity index (χ0n) is 16.4. The van der Waals surface area contributed by atoms with Crippen LogP contribution in [0.5, 0.6) is 0 Å². The standard InChI is InChI=1S/C22H21FN2O3S/c1-13-4-5-15(3)19(8-13)25-20(26)10-21-24-17(12-29-21)11-28-22(27)16-7-6-14(2)18(23)9-16/h4-9,12H,10-11H2,1-3H3,(H,25,26). The number of halogens is 1. The molecule has 29 heavy (non-hydrogen) atoms. The summed E-state index contributed by atoms with van der Waals surface area (Å²) >= 11 is 1.32. The first kappa shape index (κ1) is 20.7. The van der Waals surface area contributed by atoms with Gasteiger partial charge in [0, 0.05) is 11.1 Å². The molecule has 2 aromatic carbocycles. The smallest absolute Gasteiger partial charge is 0.338 e. The van der Waals surface area contributed by atoms with Crippen LogP contribution < -0.4 is 5.32 Å². The van der Waals surface area contributed by atoms with Crippen LogP contribution in [0.1, 0.15) is 37.7 Å². The van der Waals surface area contributed by atoms with E-state index in [0.29, 0.717) is 16.3 Å². The van der Waals surface area contributed by atoms with Crippen LogP contribution in [0.2, 0.25) is 0 Å². The minimum Gasteiger partial charge on any atom is -0.456 e. The lowest BCUT2D eigenvalue weighted by atomic mass is 10.1. The molecule has 1 aromatic heterocycles. The summed E-state index contributed by atoms with van der Waals surface area (Å²) in [5.74, 6) is -1.23. The quantitative estimate of drug-likeness (QED) is 0.594. The lowest BCUT2D eigenvalue weighted by Gasteiger charge is -2.08. The number of aromatic nitrogens is 1. The lowest BCUT2D eigenvalue weighted by Crippen LogP contribution is -2.15. The molecule has 5 nitrogen and oxygen atoms in total. The second kappa shape index (κ2) is 8.96. The average molecular weight is 412 g/mol. The molecule has 150 valence electrons. The Balaban J connectivity index is 1.55. The molecule has 0 saturated carbocycles. The Morgan fingerprint density at radius 2 is 1.86 bits per heavy atom. The molecule has 1 amide bonds. The topological polar surface area (TPSA) is 68.3 Å². The first-order valence-corrected chi connectivity index (χ1v) is 9.93. The molecule has 0 aliphatic heterocycles. The molecule has 3 aromatic rings. The summed E-state index contributed by atoms with van der Waals surface area (Å²) in [6.45, 7) is 5.49. The fourth-order valence-electron chi connectivity index (χ4n) is 2.64. The molecule has 0 fully saturated rings. The zero-order valence-corrected chi connectivity index (χ0v) is 17.2. The van der Waals surface area contributed by atoms with E-state index in [2.05, 4.69) is 10.3 Å². The minimum atomic E-state index is -0.619. The van der Waals surface area contributed by atoms with E-state index in [1.54, 1.807) is 12.3 Å². The highest BCUT2D eigenvalue weighted by molar-refractivity contribution is 7.09. The van der Waals surface area contributed by atoms with E-state index in [9.17, 15) is 14.0 Å². The van der Waals surface area contributed by atoms with Crippen molar-refractivity contribution in [2.24, 2.45) is 0 Å². The van der Waals surface area contributed by atoms with Gasteiger partial charge in [-0.3, -0.25) is 4.79 Å². The van der Waals surface area contributed by atoms with Crippen molar-refractivity contribution in [3.63, 3.8) is 0 Å². The van der Waals surface area contributed by atoms with E-state index in [0.717, 1.165) is 22.9 Å². The van der Waals surface area contributed by atoms with Crippen LogP contribution in [0.4, 0.5) is 10.1 Å². The van der Waals surface area contributed by atoms with E-state index < -0.39 is 11.8 Å². The Morgan fingerprint density at radius 3 is 2.62 bits per heavy atom. The SMILES string of the molecule is Cc1ccc(C)c(NC(=O)Cc2nc(COC(=O)c3ccc(C)c(F)c3)cs2)c1. The number of thiazole rings is 1. The van der Waals surface area contributed by atoms with E-state index in [1.165, 1.54) is 23.5 Å². The van der Waals surface area contributed by atoms with Crippen molar-refractivity contribution < 1.29 is 18.7 Å². The molecule has 0 radical (unpaired) electrons. The highest BCUT2D eigenvalue weighted by Crippen LogP contribution is 2.18. The molecule has 0 bridgehead atoms. The van der Waals surface area contributed by atoms with Gasteiger partial charge in [-0.15, -0.1) is 11.3 Å². The van der Waals surface area contributed by atoms with E-state index in [-0.39, 0.29) is 24.5 Å². The number of rotatable bonds is 6. The van der Waals surface area contributed by atoms with Crippen LogP contribution in [0.15, 0.2) is 41.8 Å². The van der Waals surface area contributed by atoms with Gasteiger partial charge in [0.1, 0.15) is 17.4 Å². The van der Waals surface area contributed by atoms with Crippen LogP contribution >= 0.6 is 11.3 Å². The summed E-state index contributed by atoms with van der Waals surface area (Å²) in [5, 5.41) is 5.26. The summed E-state index contributed by atoms with van der Waals surface area (Å²) in [7, 11) is 0. The average Bonchev–Trinajstić information content (AvgIpc) is 3.12. The summed E-state index contributed by atoms with van der Waals surface area (Å²) in [4.78, 5) is 28.7. The number of hydrogen-bond acceptors (Lipinski definition) is 5. The number of aryl methyl sites for hydroxylation is 3. The van der Waals surface area contributed by atoms with E-state index in [1.807, 2.05) is 32.0 Å². The normalized spacial score (nSPS) is 10.6. The summed E-state index contributed by atoms with van der Waals surface area (Å²) in [6, 6.07) is 10.1. The summed E-state index contributed by atoms with van der Waals surface area (Å²) in [6.07, 6.45) is 0.134. The van der Waals surface area contributed by atoms with Gasteiger partial charge in [0.15, 0.2) is 0 Å². The second-order valence-electron chi connectivity index (χ2n) is 6.82. The second-order valence-corrected chi connectivity index (χ2v) is 7.76. The van der Waals surface area contributed by atoms with Gasteiger partial charge in [-0.1, -0.05) is 18.2 Å². The van der Waals surface area contributed by atoms with Crippen LogP contribution in [0.3, 0.4) is 0 Å². The third-order valence-electron chi connectivity index (χ3n) is 4.34. The van der Waals surface area contributed by atoms with Gasteiger partial charge >= 0.3 is 5.97 Å². The van der Waals surface area contributed by atoms with Crippen molar-refractivity contribution in [3.05, 3.63) is 80.6 Å². The molecule has 0 aliphatic rings. The third-order valence-corrected chi connectivity index (χ3v) is 5.23. The Labute approximate surface area is 172 Å². The number of benzene rings is 2. The zero-order chi connectivity index (χ0) is 21.0. The molecular weight excluding hydrogens is 391 g/mol. The first-order valence-electron chi connectivity index (χ1n) is 9.05. The third kappa shape index (κ3) is 5.48. The van der Waals surface area contributed by atoms with Gasteiger partial charge in [-0.25, -0.2) is 14.2 Å². The number of anilines is 1. The highest BCUT2D eigenvalue weighted by Gasteiger charge is 2.13. The van der Waals surface area contributed by atoms with Crippen molar-refractivity contribution in [1.82, 2.24) is 4.98 Å². The highest BCUT2D eigenvalue weighted by atomic mass is 32.1. The molecule has 1 heterocycles. The molecule has 0 atom stereocenters. The molecule has 0 aliphatic carbocycles. The molecule has 1 N–H and O–H groups in total. The van der Waals surface area contributed by atoms with Crippen molar-refractivity contribution in [1.29, 1.82) is 0 Å². The summed E-state index contributed by atoms with van der Waals surface area (Å²) < 4.78 is 18.8. The van der Waals surface area contributed by atoms with E-state index in [4.69, 9.17) is 4.74 Å². The number of esters is 1. The first-order chi connectivity index (χ1) is 13.8. The number of hydrogen-bond donors (Lipinski definition) is 1. The number of amides is 1. The van der Waals surface area contributed by atoms with Crippen molar-refractivity contribution in [3.8, 4) is 0 Å². The Morgan fingerprint density at radius 1 is 1.10 bits per heavy atom. The van der Waals surface area contributed by atoms with Gasteiger partial charge in [0.05, 0.1) is 17.7 Å². The number of nitrogens with one attached hydrogen (secondary N) is 1. The van der Waals surface area contributed by atoms with Gasteiger partial charge in [0.2, 0.25) is 5.91 Å². The Kier molecular flexibility index (Phi) is 6.39. The van der Waals surface area contributed by atoms with Crippen LogP contribution in [-0.4, -0.2) is 16.9 Å². The Hall–Kier alpha value is -3.06. The number of carbonyl (C=O) groups is 2. The van der Waals surface area contributed by atoms with Crippen LogP contribution in [-0.2, 0) is 22.6 Å². The lowest BCUT2D eigenvalue weighted by molar-refractivity contribution is -0.115. The molecule has 3 rings (SSSR count). The van der Waals surface area contributed by atoms with Crippen molar-refractivity contribution in [2.45, 2.75) is 33.8 Å². The van der Waals surface area contributed by atoms with Gasteiger partial charge in [-0.05, 0) is 55.7 Å². The van der Waals surface area contributed by atoms with E-state index >= 15 is 0 Å². The van der Waals surface area contributed by atoms with Crippen LogP contribution in [0.25, 0.3) is 0 Å². The monoisotopic (exact) mass is 412 g/mol. The maximum absolute atomic E-state index is 13.6. The summed E-state index contributed by atoms with van der Waals surface area (Å²) in [5.41, 5.74) is 4.00. The van der Waals surface area contributed by atoms with Crippen molar-refractivity contribution in [2.75, 3.05) is 5.32 Å². The maximum Gasteiger partial charge on any atom is 0.338 e. The maximum atomic E-state index is 13.6. The fraction of sp³-hybridized carbons (Fsp3) is 0.227. The molecule has 0 saturated heterocycles. The number of carbonyl (C=O) groups excluding carboxylic acids is 2. The molecule has 0 unspecified atom stereocenters. The predicted molar refractivity (Wildman–Crippen MR) is 111 cm³/mol. The molecule has 0 spiro atoms. The van der Waals surface area contributed by atoms with Crippen molar-refractivity contribution >= 4 is 28.9 Å². The number of ether oxygens (including phenoxy) is 1. The molecule has 7 heteroatoms. The van der Waals surface area contributed by atoms with Gasteiger partial charge in [-0.2, -0.15) is 0 Å². The van der Waals surface area contributed by atoms with Crippen LogP contribution in [0, 0.1) is 26.6 Å². The van der Waals surface area contributed by atoms with Gasteiger partial charge < -0.3 is 10.1 Å². The predicted octanol–water partition coefficient (Wildman–Crippen LogP) is 4.75. The Bertz CT molecular complexity index is 1060. The largest absolute Gasteiger partial charge is 0.456 e. The number of nitrogens with zero attached hydrogens (tertiary/aromatic N) is 1.